The van der Waals surface area contributed by atoms with Crippen LogP contribution in [0.15, 0.2) is 27.6 Å². The number of hydrogen-bond donors (Lipinski definition) is 0. The lowest BCUT2D eigenvalue weighted by atomic mass is 10.3. The standard InChI is InChI=1S/C7H4BrF3O3S/c8-4-1-2-5(14-7(9)10)6(3-4)15(11,12)13/h1-3,7H. The Labute approximate surface area is 92.2 Å². The van der Waals surface area contributed by atoms with Crippen molar-refractivity contribution in [1.29, 1.82) is 0 Å². The minimum Gasteiger partial charge on any atom is -0.433 e. The quantitative estimate of drug-likeness (QED) is 0.807. The molecule has 1 aromatic rings. The van der Waals surface area contributed by atoms with Gasteiger partial charge in [-0.15, -0.1) is 3.89 Å². The van der Waals surface area contributed by atoms with Crippen LogP contribution in [0.3, 0.4) is 0 Å². The highest BCUT2D eigenvalue weighted by atomic mass is 79.9. The van der Waals surface area contributed by atoms with Gasteiger partial charge in [-0.3, -0.25) is 0 Å². The molecule has 84 valence electrons. The summed E-state index contributed by atoms with van der Waals surface area (Å²) in [7, 11) is -5.09. The Kier molecular flexibility index (Phi) is 3.61. The lowest BCUT2D eigenvalue weighted by Gasteiger charge is -2.07. The van der Waals surface area contributed by atoms with E-state index in [2.05, 4.69) is 20.7 Å². The van der Waals surface area contributed by atoms with E-state index in [1.165, 1.54) is 6.07 Å². The highest BCUT2D eigenvalue weighted by molar-refractivity contribution is 9.10. The van der Waals surface area contributed by atoms with Crippen molar-refractivity contribution < 1.29 is 25.8 Å². The first kappa shape index (κ1) is 12.3. The van der Waals surface area contributed by atoms with Gasteiger partial charge in [-0.2, -0.15) is 17.2 Å². The van der Waals surface area contributed by atoms with E-state index in [1.807, 2.05) is 0 Å². The molecule has 0 fully saturated rings. The molecule has 0 saturated heterocycles. The molecule has 0 N–H and O–H groups in total. The minimum absolute atomic E-state index is 0.236. The van der Waals surface area contributed by atoms with Crippen molar-refractivity contribution in [2.24, 2.45) is 0 Å². The summed E-state index contributed by atoms with van der Waals surface area (Å²) >= 11 is 2.88. The van der Waals surface area contributed by atoms with Crippen molar-refractivity contribution in [1.82, 2.24) is 0 Å². The molecule has 0 saturated carbocycles. The average Bonchev–Trinajstić information content (AvgIpc) is 2.05. The van der Waals surface area contributed by atoms with Gasteiger partial charge < -0.3 is 4.74 Å². The summed E-state index contributed by atoms with van der Waals surface area (Å²) in [5, 5.41) is 0. The van der Waals surface area contributed by atoms with Crippen LogP contribution < -0.4 is 4.74 Å². The predicted molar refractivity (Wildman–Crippen MR) is 49.1 cm³/mol. The second-order valence-corrected chi connectivity index (χ2v) is 4.64. The van der Waals surface area contributed by atoms with Crippen molar-refractivity contribution in [2.45, 2.75) is 11.5 Å². The summed E-state index contributed by atoms with van der Waals surface area (Å²) in [5.41, 5.74) is 0. The van der Waals surface area contributed by atoms with E-state index in [9.17, 15) is 21.1 Å². The van der Waals surface area contributed by atoms with Gasteiger partial charge in [0.05, 0.1) is 0 Å². The number of ether oxygens (including phenoxy) is 1. The maximum atomic E-state index is 12.6. The first-order valence-corrected chi connectivity index (χ1v) is 5.67. The Balaban J connectivity index is 3.27. The van der Waals surface area contributed by atoms with Gasteiger partial charge in [0, 0.05) is 4.47 Å². The van der Waals surface area contributed by atoms with Crippen LogP contribution in [0.5, 0.6) is 5.75 Å². The first-order chi connectivity index (χ1) is 6.80. The van der Waals surface area contributed by atoms with E-state index in [4.69, 9.17) is 0 Å². The second kappa shape index (κ2) is 4.40. The van der Waals surface area contributed by atoms with Crippen LogP contribution in [0, 0.1) is 0 Å². The van der Waals surface area contributed by atoms with E-state index in [0.29, 0.717) is 0 Å². The monoisotopic (exact) mass is 304 g/mol. The van der Waals surface area contributed by atoms with Crippen LogP contribution in [-0.2, 0) is 10.2 Å². The van der Waals surface area contributed by atoms with E-state index in [-0.39, 0.29) is 4.47 Å². The van der Waals surface area contributed by atoms with Crippen LogP contribution in [0.4, 0.5) is 12.7 Å². The molecular formula is C7H4BrF3O3S. The molecule has 0 bridgehead atoms. The van der Waals surface area contributed by atoms with Gasteiger partial charge in [0.1, 0.15) is 10.6 Å². The van der Waals surface area contributed by atoms with E-state index in [0.717, 1.165) is 12.1 Å². The molecule has 0 spiro atoms. The summed E-state index contributed by atoms with van der Waals surface area (Å²) in [6.07, 6.45) is 0. The molecule has 1 aromatic carbocycles. The molecule has 0 aliphatic rings. The van der Waals surface area contributed by atoms with E-state index < -0.39 is 27.5 Å². The minimum atomic E-state index is -5.09. The highest BCUT2D eigenvalue weighted by Crippen LogP contribution is 2.29. The molecular weight excluding hydrogens is 301 g/mol. The van der Waals surface area contributed by atoms with Crippen molar-refractivity contribution in [3.63, 3.8) is 0 Å². The Morgan fingerprint density at radius 1 is 1.33 bits per heavy atom. The Bertz CT molecular complexity index is 461. The molecule has 0 heterocycles. The summed E-state index contributed by atoms with van der Waals surface area (Å²) in [4.78, 5) is -0.933. The number of halogens is 4. The molecule has 0 aromatic heterocycles. The highest BCUT2D eigenvalue weighted by Gasteiger charge is 2.21. The predicted octanol–water partition coefficient (Wildman–Crippen LogP) is 2.71. The van der Waals surface area contributed by atoms with E-state index in [1.54, 1.807) is 0 Å². The zero-order chi connectivity index (χ0) is 11.6. The summed E-state index contributed by atoms with van der Waals surface area (Å²) in [6.45, 7) is -3.22. The fraction of sp³-hybridized carbons (Fsp3) is 0.143. The smallest absolute Gasteiger partial charge is 0.387 e. The third kappa shape index (κ3) is 3.38. The molecule has 0 amide bonds. The van der Waals surface area contributed by atoms with Gasteiger partial charge in [0.25, 0.3) is 0 Å². The number of alkyl halides is 2. The van der Waals surface area contributed by atoms with Crippen molar-refractivity contribution >= 4 is 26.2 Å². The van der Waals surface area contributed by atoms with Crippen molar-refractivity contribution in [3.05, 3.63) is 22.7 Å². The van der Waals surface area contributed by atoms with Crippen LogP contribution in [0.1, 0.15) is 0 Å². The SMILES string of the molecule is O=S(=O)(F)c1cc(Br)ccc1OC(F)F. The summed E-state index contributed by atoms with van der Waals surface area (Å²) in [6, 6.07) is 3.03. The molecule has 0 aliphatic heterocycles. The molecule has 0 unspecified atom stereocenters. The second-order valence-electron chi connectivity index (χ2n) is 2.41. The van der Waals surface area contributed by atoms with Gasteiger partial charge in [-0.05, 0) is 18.2 Å². The zero-order valence-corrected chi connectivity index (χ0v) is 9.36. The Hall–Kier alpha value is -0.760. The molecule has 1 rings (SSSR count). The summed E-state index contributed by atoms with van der Waals surface area (Å²) < 4.78 is 61.6. The number of hydrogen-bond acceptors (Lipinski definition) is 3. The molecule has 3 nitrogen and oxygen atoms in total. The molecule has 0 aliphatic carbocycles. The number of benzene rings is 1. The molecule has 8 heteroatoms. The van der Waals surface area contributed by atoms with Crippen molar-refractivity contribution in [3.8, 4) is 5.75 Å². The van der Waals surface area contributed by atoms with Crippen molar-refractivity contribution in [2.75, 3.05) is 0 Å². The Morgan fingerprint density at radius 2 is 1.93 bits per heavy atom. The van der Waals surface area contributed by atoms with Crippen LogP contribution in [-0.4, -0.2) is 15.0 Å². The lowest BCUT2D eigenvalue weighted by Crippen LogP contribution is -2.06. The maximum absolute atomic E-state index is 12.6. The maximum Gasteiger partial charge on any atom is 0.387 e. The lowest BCUT2D eigenvalue weighted by molar-refractivity contribution is -0.0517. The zero-order valence-electron chi connectivity index (χ0n) is 6.95. The normalized spacial score (nSPS) is 11.8. The fourth-order valence-electron chi connectivity index (χ4n) is 0.866. The molecule has 0 atom stereocenters. The largest absolute Gasteiger partial charge is 0.433 e. The topological polar surface area (TPSA) is 43.4 Å². The van der Waals surface area contributed by atoms with Crippen LogP contribution in [0.25, 0.3) is 0 Å². The molecule has 0 radical (unpaired) electrons. The van der Waals surface area contributed by atoms with Crippen LogP contribution >= 0.6 is 15.9 Å². The van der Waals surface area contributed by atoms with Gasteiger partial charge in [-0.25, -0.2) is 0 Å². The molecule has 15 heavy (non-hydrogen) atoms. The van der Waals surface area contributed by atoms with Gasteiger partial charge >= 0.3 is 16.8 Å². The van der Waals surface area contributed by atoms with Gasteiger partial charge in [-0.1, -0.05) is 15.9 Å². The summed E-state index contributed by atoms with van der Waals surface area (Å²) in [5.74, 6) is -0.726. The Morgan fingerprint density at radius 3 is 2.40 bits per heavy atom. The van der Waals surface area contributed by atoms with E-state index >= 15 is 0 Å². The first-order valence-electron chi connectivity index (χ1n) is 3.50. The third-order valence-corrected chi connectivity index (χ3v) is 2.72. The fourth-order valence-corrected chi connectivity index (χ4v) is 2.00. The van der Waals surface area contributed by atoms with Gasteiger partial charge in [0.2, 0.25) is 0 Å². The van der Waals surface area contributed by atoms with Gasteiger partial charge in [0.15, 0.2) is 0 Å². The average molecular weight is 305 g/mol. The third-order valence-electron chi connectivity index (χ3n) is 1.38. The number of rotatable bonds is 3. The van der Waals surface area contributed by atoms with Crippen LogP contribution in [0.2, 0.25) is 0 Å².